The molecule has 0 aromatic heterocycles. The van der Waals surface area contributed by atoms with Crippen LogP contribution in [0.15, 0.2) is 0 Å². The number of rotatable bonds is 17. The van der Waals surface area contributed by atoms with Crippen LogP contribution in [-0.2, 0) is 38.3 Å². The van der Waals surface area contributed by atoms with Gasteiger partial charge in [-0.15, -0.1) is 0 Å². The Hall–Kier alpha value is -3.83. The number of hydrogen-bond donors (Lipinski definition) is 6. The summed E-state index contributed by atoms with van der Waals surface area (Å²) in [6.45, 7) is 51.1. The number of ketones is 1. The summed E-state index contributed by atoms with van der Waals surface area (Å²) in [5.41, 5.74) is 1.31. The Balaban J connectivity index is 0.000000570. The fraction of sp³-hybridized carbons (Fsp3) is 0.905. The van der Waals surface area contributed by atoms with Crippen molar-refractivity contribution in [3.63, 3.8) is 0 Å². The maximum absolute atomic E-state index is 12.4. The van der Waals surface area contributed by atoms with Crippen molar-refractivity contribution in [3.05, 3.63) is 0 Å². The van der Waals surface area contributed by atoms with Crippen LogP contribution in [0.25, 0.3) is 0 Å². The molecule has 6 aliphatic heterocycles. The molecule has 0 aromatic carbocycles. The summed E-state index contributed by atoms with van der Waals surface area (Å²) in [6.07, 6.45) is 11.9. The van der Waals surface area contributed by atoms with Crippen molar-refractivity contribution in [1.82, 2.24) is 66.2 Å². The zero-order valence-corrected chi connectivity index (χ0v) is 66.1. The number of methoxy groups -OCH3 is 1. The molecule has 6 fully saturated rings. The molecule has 556 valence electrons. The summed E-state index contributed by atoms with van der Waals surface area (Å²) < 4.78 is 5.04. The second-order valence-corrected chi connectivity index (χ2v) is 34.4. The van der Waals surface area contributed by atoms with Gasteiger partial charge >= 0.3 is 0 Å². The van der Waals surface area contributed by atoms with Crippen molar-refractivity contribution in [1.29, 1.82) is 0 Å². The number of ether oxygens (including phenoxy) is 1. The zero-order valence-electron chi connectivity index (χ0n) is 66.1. The molecular weight excluding hydrogens is 1200 g/mol. The molecule has 6 heterocycles. The van der Waals surface area contributed by atoms with Gasteiger partial charge in [-0.2, -0.15) is 0 Å². The maximum Gasteiger partial charge on any atom is 0.240 e. The first-order valence-electron chi connectivity index (χ1n) is 36.2. The minimum Gasteiger partial charge on any atom is -0.383 e. The molecule has 6 atom stereocenters. The first-order chi connectivity index (χ1) is 43.7. The largest absolute Gasteiger partial charge is 0.383 e. The highest BCUT2D eigenvalue weighted by atomic mass is 16.5. The molecule has 0 aromatic rings. The maximum atomic E-state index is 12.4. The number of likely N-dealkylation sites (tertiary alicyclic amines) is 6. The van der Waals surface area contributed by atoms with Crippen molar-refractivity contribution in [2.45, 2.75) is 250 Å². The lowest BCUT2D eigenvalue weighted by atomic mass is 9.83. The van der Waals surface area contributed by atoms with Crippen molar-refractivity contribution in [3.8, 4) is 0 Å². The third-order valence-corrected chi connectivity index (χ3v) is 20.1. The van der Waals surface area contributed by atoms with E-state index in [-0.39, 0.29) is 122 Å². The smallest absolute Gasteiger partial charge is 0.240 e. The highest BCUT2D eigenvalue weighted by Crippen LogP contribution is 2.36. The van der Waals surface area contributed by atoms with Gasteiger partial charge in [-0.05, 0) is 206 Å². The lowest BCUT2D eigenvalue weighted by Gasteiger charge is -2.36. The van der Waals surface area contributed by atoms with Gasteiger partial charge in [-0.3, -0.25) is 33.6 Å². The molecular formula is C74H147N13O8. The average molecular weight is 1350 g/mol. The van der Waals surface area contributed by atoms with Crippen LogP contribution in [0.2, 0.25) is 0 Å². The summed E-state index contributed by atoms with van der Waals surface area (Å²) in [7, 11) is 16.9. The molecule has 21 nitrogen and oxygen atoms in total. The number of hydrogen-bond acceptors (Lipinski definition) is 15. The van der Waals surface area contributed by atoms with Gasteiger partial charge < -0.3 is 70.9 Å². The fourth-order valence-corrected chi connectivity index (χ4v) is 13.4. The molecule has 6 unspecified atom stereocenters. The molecule has 0 radical (unpaired) electrons. The number of likely N-dealkylation sites (N-methyl/N-ethyl adjacent to an activating group) is 8. The van der Waals surface area contributed by atoms with E-state index in [0.29, 0.717) is 25.6 Å². The van der Waals surface area contributed by atoms with Gasteiger partial charge in [0, 0.05) is 84.6 Å². The molecule has 0 bridgehead atoms. The standard InChI is InChI=1S/C13H27N3O.2C13H26N2O.C12H22N2O2.C12H24N2O2.C11H22N2O/c1-13(2)6-7-16(9-8-15(4)5)12(17)11(10-13)14-3;1-12(2,3)15-8-7-13(4,5)9-10(14-6)11(15)16;1-10(2)9-15-7-6-13(3,4)8-11(14-5)12(15)16;1-9(15)8-14-6-5-12(2,3)7-10(13-4)11(14)16;1-12(2)5-6-14(7-8-16-4)11(15)10(9-12)13-3;1-5-13-7-6-11(2,3)8-9(12-4)10(13)14/h11,14H,6-10H2,1-5H3;10,14H,7-9H2,1-6H3;10-11,14H,6-9H2,1-5H3;10,13H,5-8H2,1-4H3;10,13H,5-9H2,1-4H3;9,12H,5-8H2,1-4H3. The van der Waals surface area contributed by atoms with Crippen LogP contribution in [0, 0.1) is 38.4 Å². The van der Waals surface area contributed by atoms with Gasteiger partial charge in [0.25, 0.3) is 0 Å². The van der Waals surface area contributed by atoms with Crippen molar-refractivity contribution >= 4 is 41.2 Å². The van der Waals surface area contributed by atoms with E-state index in [2.05, 4.69) is 155 Å². The fourth-order valence-electron chi connectivity index (χ4n) is 13.4. The first-order valence-corrected chi connectivity index (χ1v) is 36.2. The molecule has 6 saturated heterocycles. The molecule has 0 spiro atoms. The van der Waals surface area contributed by atoms with Crippen LogP contribution in [0.5, 0.6) is 0 Å². The van der Waals surface area contributed by atoms with E-state index in [1.165, 1.54) is 6.92 Å². The van der Waals surface area contributed by atoms with E-state index in [1.807, 2.05) is 80.8 Å². The minimum atomic E-state index is -0.156. The highest BCUT2D eigenvalue weighted by molar-refractivity contribution is 5.88. The van der Waals surface area contributed by atoms with Gasteiger partial charge in [-0.1, -0.05) is 96.9 Å². The van der Waals surface area contributed by atoms with Crippen LogP contribution < -0.4 is 31.9 Å². The van der Waals surface area contributed by atoms with E-state index >= 15 is 0 Å². The number of amides is 6. The quantitative estimate of drug-likeness (QED) is 0.0825. The second kappa shape index (κ2) is 40.4. The molecule has 0 saturated carbocycles. The monoisotopic (exact) mass is 1350 g/mol. The lowest BCUT2D eigenvalue weighted by molar-refractivity contribution is -0.137. The molecule has 21 heteroatoms. The molecule has 6 amide bonds. The van der Waals surface area contributed by atoms with Gasteiger partial charge in [0.05, 0.1) is 49.4 Å². The van der Waals surface area contributed by atoms with Crippen molar-refractivity contribution < 1.29 is 38.3 Å². The minimum absolute atomic E-state index is 0.00347. The van der Waals surface area contributed by atoms with E-state index in [4.69, 9.17) is 4.74 Å². The Bertz CT molecular complexity index is 2340. The summed E-state index contributed by atoms with van der Waals surface area (Å²) in [6, 6.07) is -0.249. The predicted molar refractivity (Wildman–Crippen MR) is 391 cm³/mol. The van der Waals surface area contributed by atoms with Gasteiger partial charge in [0.1, 0.15) is 5.78 Å². The summed E-state index contributed by atoms with van der Waals surface area (Å²) in [5, 5.41) is 18.8. The Kier molecular flexibility index (Phi) is 38.0. The molecule has 6 aliphatic rings. The van der Waals surface area contributed by atoms with Gasteiger partial charge in [-0.25, -0.2) is 0 Å². The first kappa shape index (κ1) is 89.2. The zero-order chi connectivity index (χ0) is 73.3. The third kappa shape index (κ3) is 32.4. The van der Waals surface area contributed by atoms with Crippen LogP contribution in [0.4, 0.5) is 0 Å². The summed E-state index contributed by atoms with van der Waals surface area (Å²) in [5.74, 6) is 1.92. The van der Waals surface area contributed by atoms with E-state index in [0.717, 1.165) is 136 Å². The normalized spacial score (nSPS) is 26.0. The van der Waals surface area contributed by atoms with Crippen LogP contribution in [-0.4, -0.2) is 266 Å². The second-order valence-electron chi connectivity index (χ2n) is 34.4. The molecule has 6 rings (SSSR count). The van der Waals surface area contributed by atoms with E-state index in [9.17, 15) is 33.6 Å². The summed E-state index contributed by atoms with van der Waals surface area (Å²) in [4.78, 5) is 98.0. The van der Waals surface area contributed by atoms with Crippen molar-refractivity contribution in [2.75, 3.05) is 149 Å². The van der Waals surface area contributed by atoms with E-state index < -0.39 is 0 Å². The van der Waals surface area contributed by atoms with Gasteiger partial charge in [0.15, 0.2) is 0 Å². The number of carbonyl (C=O) groups excluding carboxylic acids is 7. The topological polar surface area (TPSA) is 224 Å². The van der Waals surface area contributed by atoms with E-state index in [1.54, 1.807) is 19.1 Å². The lowest BCUT2D eigenvalue weighted by Crippen LogP contribution is -2.52. The SMILES string of the molecule is CCN1CCC(C)(C)CC(NC)C1=O.CNC1CC(C)(C)CCN(C(C)(C)C)C1=O.CNC1CC(C)(C)CCN(CC(C)=O)C1=O.CNC1CC(C)(C)CCN(CC(C)C)C1=O.CNC1CC(C)(C)CCN(CCN(C)C)C1=O.CNC1CC(C)(C)CCN(CCOC)C1=O. The molecule has 0 aliphatic carbocycles. The Morgan fingerprint density at radius 1 is 0.463 bits per heavy atom. The Morgan fingerprint density at radius 2 is 0.737 bits per heavy atom. The Morgan fingerprint density at radius 3 is 1.03 bits per heavy atom. The number of Topliss-reactive ketones (excluding diaryl/α,β-unsaturated/α-hetero) is 1. The van der Waals surface area contributed by atoms with Crippen molar-refractivity contribution in [2.24, 2.45) is 38.4 Å². The number of carbonyl (C=O) groups is 7. The Labute approximate surface area is 580 Å². The van der Waals surface area contributed by atoms with Crippen LogP contribution in [0.3, 0.4) is 0 Å². The van der Waals surface area contributed by atoms with Gasteiger partial charge in [0.2, 0.25) is 35.4 Å². The molecule has 95 heavy (non-hydrogen) atoms. The molecule has 6 N–H and O–H groups in total. The van der Waals surface area contributed by atoms with Crippen LogP contribution in [0.1, 0.15) is 209 Å². The van der Waals surface area contributed by atoms with Crippen LogP contribution >= 0.6 is 0 Å². The average Bonchev–Trinajstić information content (AvgIpc) is 1.84. The third-order valence-electron chi connectivity index (χ3n) is 20.1. The highest BCUT2D eigenvalue weighted by Gasteiger charge is 2.41. The predicted octanol–water partition coefficient (Wildman–Crippen LogP) is 7.61. The summed E-state index contributed by atoms with van der Waals surface area (Å²) >= 11 is 0. The number of nitrogens with zero attached hydrogens (tertiary/aromatic N) is 7. The number of nitrogens with one attached hydrogen (secondary N) is 6.